The van der Waals surface area contributed by atoms with E-state index in [0.29, 0.717) is 37.6 Å². The third-order valence-electron chi connectivity index (χ3n) is 4.61. The van der Waals surface area contributed by atoms with Gasteiger partial charge in [0.15, 0.2) is 5.82 Å². The molecule has 6 nitrogen and oxygen atoms in total. The molecule has 0 unspecified atom stereocenters. The first-order valence-electron chi connectivity index (χ1n) is 9.00. The lowest BCUT2D eigenvalue weighted by molar-refractivity contribution is 0.0274. The van der Waals surface area contributed by atoms with Gasteiger partial charge in [0, 0.05) is 24.3 Å². The summed E-state index contributed by atoms with van der Waals surface area (Å²) in [4.78, 5) is 4.02. The van der Waals surface area contributed by atoms with E-state index < -0.39 is 15.8 Å². The van der Waals surface area contributed by atoms with Crippen molar-refractivity contribution in [2.75, 3.05) is 25.6 Å². The Labute approximate surface area is 169 Å². The Balaban J connectivity index is 1.63. The Morgan fingerprint density at radius 1 is 1.36 bits per heavy atom. The van der Waals surface area contributed by atoms with Crippen molar-refractivity contribution < 1.29 is 22.3 Å². The molecule has 9 heteroatoms. The first-order valence-corrected chi connectivity index (χ1v) is 11.0. The molecule has 1 aliphatic rings. The molecule has 152 valence electrons. The van der Waals surface area contributed by atoms with Gasteiger partial charge < -0.3 is 9.47 Å². The maximum Gasteiger partial charge on any atom is 0.211 e. The number of hydrogen-bond acceptors (Lipinski definition) is 5. The maximum absolute atomic E-state index is 14.0. The fraction of sp³-hybridized carbons (Fsp3) is 0.421. The summed E-state index contributed by atoms with van der Waals surface area (Å²) in [5.74, 6) is 0.148. The molecule has 0 spiro atoms. The summed E-state index contributed by atoms with van der Waals surface area (Å²) >= 11 is 5.73. The van der Waals surface area contributed by atoms with E-state index in [9.17, 15) is 12.8 Å². The van der Waals surface area contributed by atoms with E-state index in [1.54, 1.807) is 31.2 Å². The smallest absolute Gasteiger partial charge is 0.211 e. The molecule has 1 aliphatic heterocycles. The summed E-state index contributed by atoms with van der Waals surface area (Å²) in [5.41, 5.74) is 0.829. The highest BCUT2D eigenvalue weighted by Gasteiger charge is 2.29. The van der Waals surface area contributed by atoms with E-state index >= 15 is 0 Å². The third-order valence-corrected chi connectivity index (χ3v) is 6.24. The number of benzene rings is 1. The van der Waals surface area contributed by atoms with Crippen LogP contribution in [0.25, 0.3) is 11.3 Å². The quantitative estimate of drug-likeness (QED) is 0.732. The van der Waals surface area contributed by atoms with Crippen LogP contribution in [0.3, 0.4) is 0 Å². The van der Waals surface area contributed by atoms with E-state index in [1.165, 1.54) is 12.3 Å². The number of nitrogens with zero attached hydrogens (tertiary/aromatic N) is 1. The molecule has 0 saturated carbocycles. The average molecular weight is 429 g/mol. The minimum Gasteiger partial charge on any atom is -0.493 e. The molecule has 28 heavy (non-hydrogen) atoms. The molecule has 0 amide bonds. The topological polar surface area (TPSA) is 77.5 Å². The second-order valence-electron chi connectivity index (χ2n) is 6.57. The normalized spacial score (nSPS) is 20.1. The van der Waals surface area contributed by atoms with E-state index in [2.05, 4.69) is 9.71 Å². The van der Waals surface area contributed by atoms with Gasteiger partial charge in [0.05, 0.1) is 30.0 Å². The van der Waals surface area contributed by atoms with E-state index in [0.717, 1.165) is 0 Å². The number of pyridine rings is 1. The monoisotopic (exact) mass is 428 g/mol. The Morgan fingerprint density at radius 2 is 2.11 bits per heavy atom. The Morgan fingerprint density at radius 3 is 2.79 bits per heavy atom. The van der Waals surface area contributed by atoms with Crippen LogP contribution in [0.15, 0.2) is 36.5 Å². The summed E-state index contributed by atoms with van der Waals surface area (Å²) in [5, 5.41) is 0.242. The lowest BCUT2D eigenvalue weighted by atomic mass is 9.97. The molecular formula is C19H22ClFN2O4S. The predicted octanol–water partition coefficient (Wildman–Crippen LogP) is 3.26. The number of rotatable bonds is 7. The molecule has 2 atom stereocenters. The summed E-state index contributed by atoms with van der Waals surface area (Å²) in [6.07, 6.45) is 2.10. The van der Waals surface area contributed by atoms with Crippen molar-refractivity contribution >= 4 is 21.6 Å². The highest BCUT2D eigenvalue weighted by Crippen LogP contribution is 2.25. The third kappa shape index (κ3) is 5.41. The van der Waals surface area contributed by atoms with Gasteiger partial charge in [0.1, 0.15) is 11.4 Å². The molecule has 1 N–H and O–H groups in total. The molecule has 1 aromatic carbocycles. The van der Waals surface area contributed by atoms with Crippen LogP contribution in [0.1, 0.15) is 13.3 Å². The number of halogens is 2. The van der Waals surface area contributed by atoms with Crippen LogP contribution in [0.2, 0.25) is 5.02 Å². The standard InChI is InChI=1S/C19H22ClFN2O4S/c1-2-28(24,25)23-18-12-26-8-7-14(18)11-27-16-5-3-13(4-6-16)19-17(21)9-15(20)10-22-19/h3-6,9-10,14,18,23H,2,7-8,11-12H2,1H3/t14-,18+/m1/s1. The zero-order chi connectivity index (χ0) is 20.1. The molecule has 1 aromatic heterocycles. The van der Waals surface area contributed by atoms with Crippen LogP contribution in [-0.4, -0.2) is 45.0 Å². The zero-order valence-corrected chi connectivity index (χ0v) is 17.0. The van der Waals surface area contributed by atoms with Crippen molar-refractivity contribution in [3.05, 3.63) is 47.4 Å². The highest BCUT2D eigenvalue weighted by molar-refractivity contribution is 7.89. The SMILES string of the molecule is CCS(=O)(=O)N[C@H]1COCC[C@@H]1COc1ccc(-c2ncc(Cl)cc2F)cc1. The Bertz CT molecular complexity index is 909. The van der Waals surface area contributed by atoms with Crippen LogP contribution in [0.4, 0.5) is 4.39 Å². The lowest BCUT2D eigenvalue weighted by Gasteiger charge is -2.31. The fourth-order valence-electron chi connectivity index (χ4n) is 2.97. The van der Waals surface area contributed by atoms with Gasteiger partial charge in [-0.1, -0.05) is 11.6 Å². The van der Waals surface area contributed by atoms with Crippen molar-refractivity contribution in [1.82, 2.24) is 9.71 Å². The van der Waals surface area contributed by atoms with Crippen molar-refractivity contribution in [2.45, 2.75) is 19.4 Å². The van der Waals surface area contributed by atoms with E-state index in [-0.39, 0.29) is 28.4 Å². The largest absolute Gasteiger partial charge is 0.493 e. The van der Waals surface area contributed by atoms with Gasteiger partial charge in [-0.05, 0) is 43.7 Å². The second-order valence-corrected chi connectivity index (χ2v) is 9.05. The molecule has 2 heterocycles. The number of hydrogen-bond donors (Lipinski definition) is 1. The first-order chi connectivity index (χ1) is 13.4. The number of ether oxygens (including phenoxy) is 2. The van der Waals surface area contributed by atoms with Gasteiger partial charge in [0.25, 0.3) is 0 Å². The summed E-state index contributed by atoms with van der Waals surface area (Å²) in [7, 11) is -3.32. The lowest BCUT2D eigenvalue weighted by Crippen LogP contribution is -2.48. The van der Waals surface area contributed by atoms with Gasteiger partial charge in [-0.2, -0.15) is 0 Å². The van der Waals surface area contributed by atoms with Crippen LogP contribution < -0.4 is 9.46 Å². The molecule has 0 aliphatic carbocycles. The molecule has 2 aromatic rings. The number of nitrogens with one attached hydrogen (secondary N) is 1. The van der Waals surface area contributed by atoms with Crippen LogP contribution in [-0.2, 0) is 14.8 Å². The number of sulfonamides is 1. The van der Waals surface area contributed by atoms with Gasteiger partial charge in [-0.15, -0.1) is 0 Å². The summed E-state index contributed by atoms with van der Waals surface area (Å²) < 4.78 is 51.6. The molecular weight excluding hydrogens is 407 g/mol. The van der Waals surface area contributed by atoms with Gasteiger partial charge in [0.2, 0.25) is 10.0 Å². The highest BCUT2D eigenvalue weighted by atomic mass is 35.5. The minimum absolute atomic E-state index is 0.00475. The molecule has 0 radical (unpaired) electrons. The average Bonchev–Trinajstić information content (AvgIpc) is 2.68. The second kappa shape index (κ2) is 9.17. The Kier molecular flexibility index (Phi) is 6.87. The van der Waals surface area contributed by atoms with Crippen LogP contribution >= 0.6 is 11.6 Å². The molecule has 3 rings (SSSR count). The first kappa shape index (κ1) is 21.0. The fourth-order valence-corrected chi connectivity index (χ4v) is 4.00. The number of aromatic nitrogens is 1. The van der Waals surface area contributed by atoms with Crippen molar-refractivity contribution in [1.29, 1.82) is 0 Å². The molecule has 1 fully saturated rings. The summed E-state index contributed by atoms with van der Waals surface area (Å²) in [6.45, 7) is 2.84. The van der Waals surface area contributed by atoms with Crippen LogP contribution in [0.5, 0.6) is 5.75 Å². The van der Waals surface area contributed by atoms with E-state index in [1.807, 2.05) is 0 Å². The maximum atomic E-state index is 14.0. The van der Waals surface area contributed by atoms with Crippen molar-refractivity contribution in [3.8, 4) is 17.0 Å². The molecule has 1 saturated heterocycles. The zero-order valence-electron chi connectivity index (χ0n) is 15.4. The van der Waals surface area contributed by atoms with E-state index in [4.69, 9.17) is 21.1 Å². The van der Waals surface area contributed by atoms with Crippen molar-refractivity contribution in [3.63, 3.8) is 0 Å². The van der Waals surface area contributed by atoms with Gasteiger partial charge >= 0.3 is 0 Å². The van der Waals surface area contributed by atoms with Gasteiger partial charge in [-0.25, -0.2) is 17.5 Å². The summed E-state index contributed by atoms with van der Waals surface area (Å²) in [6, 6.07) is 7.80. The van der Waals surface area contributed by atoms with Crippen molar-refractivity contribution in [2.24, 2.45) is 5.92 Å². The van der Waals surface area contributed by atoms with Gasteiger partial charge in [-0.3, -0.25) is 4.98 Å². The predicted molar refractivity (Wildman–Crippen MR) is 105 cm³/mol. The Hall–Kier alpha value is -1.74. The van der Waals surface area contributed by atoms with Crippen LogP contribution in [0, 0.1) is 11.7 Å². The molecule has 0 bridgehead atoms. The minimum atomic E-state index is -3.32.